The van der Waals surface area contributed by atoms with Crippen molar-refractivity contribution in [3.05, 3.63) is 70.7 Å². The van der Waals surface area contributed by atoms with E-state index in [9.17, 15) is 22.4 Å². The number of nitrogens with one attached hydrogen (secondary N) is 1. The van der Waals surface area contributed by atoms with Crippen LogP contribution >= 0.6 is 0 Å². The molecule has 0 fully saturated rings. The number of rotatable bonds is 3. The Bertz CT molecular complexity index is 944. The highest BCUT2D eigenvalue weighted by Crippen LogP contribution is 2.33. The molecule has 130 valence electrons. The fourth-order valence-electron chi connectivity index (χ4n) is 2.70. The number of alkyl halides is 3. The molecular weight excluding hydrogens is 338 g/mol. The van der Waals surface area contributed by atoms with Crippen molar-refractivity contribution in [3.63, 3.8) is 0 Å². The van der Waals surface area contributed by atoms with E-state index in [0.717, 1.165) is 12.1 Å². The van der Waals surface area contributed by atoms with Gasteiger partial charge in [-0.15, -0.1) is 0 Å². The molecule has 0 atom stereocenters. The summed E-state index contributed by atoms with van der Waals surface area (Å²) in [6, 6.07) is 9.09. The van der Waals surface area contributed by atoms with Gasteiger partial charge in [-0.2, -0.15) is 13.2 Å². The van der Waals surface area contributed by atoms with E-state index in [-0.39, 0.29) is 12.0 Å². The predicted octanol–water partition coefficient (Wildman–Crippen LogP) is 4.70. The van der Waals surface area contributed by atoms with Crippen LogP contribution in [-0.2, 0) is 17.3 Å². The van der Waals surface area contributed by atoms with Crippen LogP contribution in [0.4, 0.5) is 17.6 Å². The Morgan fingerprint density at radius 1 is 1.12 bits per heavy atom. The van der Waals surface area contributed by atoms with Crippen LogP contribution in [0.2, 0.25) is 0 Å². The fraction of sp³-hybridized carbons (Fsp3) is 0.167. The number of aromatic nitrogens is 1. The number of carbonyl (C=O) groups excluding carboxylic acids is 1. The van der Waals surface area contributed by atoms with Gasteiger partial charge in [0.1, 0.15) is 5.82 Å². The number of halogens is 4. The number of methoxy groups -OCH3 is 1. The molecule has 0 unspecified atom stereocenters. The summed E-state index contributed by atoms with van der Waals surface area (Å²) in [7, 11) is 1.27. The molecule has 3 aromatic rings. The number of fused-ring (bicyclic) bond motifs is 1. The summed E-state index contributed by atoms with van der Waals surface area (Å²) in [5, 5.41) is 0.675. The molecule has 0 spiro atoms. The number of carbonyl (C=O) groups is 1. The van der Waals surface area contributed by atoms with Crippen LogP contribution in [0.3, 0.4) is 0 Å². The minimum atomic E-state index is -4.64. The Morgan fingerprint density at radius 2 is 1.88 bits per heavy atom. The van der Waals surface area contributed by atoms with Crippen LogP contribution in [0, 0.1) is 5.82 Å². The van der Waals surface area contributed by atoms with Gasteiger partial charge in [-0.3, -0.25) is 0 Å². The molecule has 0 saturated heterocycles. The highest BCUT2D eigenvalue weighted by Gasteiger charge is 2.33. The third-order valence-electron chi connectivity index (χ3n) is 3.86. The molecular formula is C18H13F4NO2. The topological polar surface area (TPSA) is 42.1 Å². The number of hydrogen-bond donors (Lipinski definition) is 1. The normalized spacial score (nSPS) is 11.7. The molecule has 0 radical (unpaired) electrons. The van der Waals surface area contributed by atoms with Gasteiger partial charge in [-0.1, -0.05) is 6.07 Å². The molecule has 0 bridgehead atoms. The Kier molecular flexibility index (Phi) is 4.24. The summed E-state index contributed by atoms with van der Waals surface area (Å²) in [4.78, 5) is 14.6. The average molecular weight is 351 g/mol. The smallest absolute Gasteiger partial charge is 0.416 e. The van der Waals surface area contributed by atoms with Crippen molar-refractivity contribution >= 4 is 16.9 Å². The lowest BCUT2D eigenvalue weighted by Crippen LogP contribution is -2.10. The first-order chi connectivity index (χ1) is 11.8. The minimum Gasteiger partial charge on any atom is -0.465 e. The van der Waals surface area contributed by atoms with Crippen molar-refractivity contribution in [2.75, 3.05) is 7.11 Å². The van der Waals surface area contributed by atoms with E-state index >= 15 is 0 Å². The Labute approximate surface area is 140 Å². The molecule has 2 aromatic carbocycles. The van der Waals surface area contributed by atoms with Crippen LogP contribution in [0.15, 0.2) is 42.5 Å². The van der Waals surface area contributed by atoms with E-state index in [2.05, 4.69) is 9.72 Å². The van der Waals surface area contributed by atoms with Gasteiger partial charge in [-0.05, 0) is 42.0 Å². The molecule has 7 heteroatoms. The maximum atomic E-state index is 13.2. The summed E-state index contributed by atoms with van der Waals surface area (Å²) in [5.74, 6) is -1.43. The number of benzene rings is 2. The van der Waals surface area contributed by atoms with E-state index in [1.165, 1.54) is 7.11 Å². The molecule has 1 heterocycles. The van der Waals surface area contributed by atoms with Gasteiger partial charge >= 0.3 is 12.1 Å². The molecule has 0 aliphatic heterocycles. The first kappa shape index (κ1) is 17.0. The molecule has 0 aliphatic carbocycles. The van der Waals surface area contributed by atoms with E-state index in [4.69, 9.17) is 0 Å². The third kappa shape index (κ3) is 3.50. The zero-order valence-corrected chi connectivity index (χ0v) is 13.1. The van der Waals surface area contributed by atoms with E-state index in [0.29, 0.717) is 28.2 Å². The Balaban J connectivity index is 1.97. The van der Waals surface area contributed by atoms with Gasteiger partial charge in [0.05, 0.1) is 18.2 Å². The molecule has 1 aromatic heterocycles. The van der Waals surface area contributed by atoms with E-state index in [1.54, 1.807) is 24.3 Å². The quantitative estimate of drug-likeness (QED) is 0.549. The van der Waals surface area contributed by atoms with Gasteiger partial charge in [-0.25, -0.2) is 9.18 Å². The largest absolute Gasteiger partial charge is 0.465 e. The number of H-pyrrole nitrogens is 1. The summed E-state index contributed by atoms with van der Waals surface area (Å²) < 4.78 is 57.1. The van der Waals surface area contributed by atoms with Gasteiger partial charge in [0.15, 0.2) is 0 Å². The molecule has 0 aliphatic rings. The van der Waals surface area contributed by atoms with Crippen molar-refractivity contribution in [1.82, 2.24) is 4.98 Å². The van der Waals surface area contributed by atoms with Crippen molar-refractivity contribution in [2.24, 2.45) is 0 Å². The highest BCUT2D eigenvalue weighted by molar-refractivity contribution is 5.94. The van der Waals surface area contributed by atoms with Crippen molar-refractivity contribution in [2.45, 2.75) is 12.6 Å². The zero-order valence-electron chi connectivity index (χ0n) is 13.1. The van der Waals surface area contributed by atoms with Crippen LogP contribution in [0.1, 0.15) is 27.2 Å². The molecule has 0 amide bonds. The van der Waals surface area contributed by atoms with Gasteiger partial charge in [0.2, 0.25) is 0 Å². The summed E-state index contributed by atoms with van der Waals surface area (Å²) in [6.45, 7) is 0. The lowest BCUT2D eigenvalue weighted by Gasteiger charge is -2.12. The van der Waals surface area contributed by atoms with Crippen LogP contribution in [-0.4, -0.2) is 18.1 Å². The lowest BCUT2D eigenvalue weighted by molar-refractivity contribution is -0.138. The van der Waals surface area contributed by atoms with Crippen LogP contribution in [0.25, 0.3) is 10.9 Å². The fourth-order valence-corrected chi connectivity index (χ4v) is 2.70. The number of aromatic amines is 1. The minimum absolute atomic E-state index is 0.0337. The zero-order chi connectivity index (χ0) is 18.2. The van der Waals surface area contributed by atoms with Crippen LogP contribution in [0.5, 0.6) is 0 Å². The van der Waals surface area contributed by atoms with Gasteiger partial charge < -0.3 is 9.72 Å². The van der Waals surface area contributed by atoms with Crippen molar-refractivity contribution in [3.8, 4) is 0 Å². The Morgan fingerprint density at radius 3 is 2.56 bits per heavy atom. The van der Waals surface area contributed by atoms with E-state index in [1.807, 2.05) is 0 Å². The molecule has 3 nitrogen and oxygen atoms in total. The Hall–Kier alpha value is -2.83. The second kappa shape index (κ2) is 6.23. The molecule has 3 rings (SSSR count). The number of hydrogen-bond acceptors (Lipinski definition) is 2. The lowest BCUT2D eigenvalue weighted by atomic mass is 10.0. The van der Waals surface area contributed by atoms with Gasteiger partial charge in [0.25, 0.3) is 0 Å². The summed E-state index contributed by atoms with van der Waals surface area (Å²) in [6.07, 6.45) is -4.68. The second-order valence-electron chi connectivity index (χ2n) is 5.56. The molecule has 0 saturated carbocycles. The third-order valence-corrected chi connectivity index (χ3v) is 3.86. The first-order valence-electron chi connectivity index (χ1n) is 7.33. The standard InChI is InChI=1S/C18H13F4NO2/c1-25-17(24)11-3-5-16-12(6-11)8-14(23-16)7-10-2-4-13(19)9-15(10)18(20,21)22/h2-6,8-9,23H,7H2,1H3. The van der Waals surface area contributed by atoms with Gasteiger partial charge in [0, 0.05) is 23.0 Å². The summed E-state index contributed by atoms with van der Waals surface area (Å²) >= 11 is 0. The average Bonchev–Trinajstić information content (AvgIpc) is 2.96. The highest BCUT2D eigenvalue weighted by atomic mass is 19.4. The van der Waals surface area contributed by atoms with Crippen LogP contribution < -0.4 is 0 Å². The summed E-state index contributed by atoms with van der Waals surface area (Å²) in [5.41, 5.74) is 0.515. The SMILES string of the molecule is COC(=O)c1ccc2[nH]c(Cc3ccc(F)cc3C(F)(F)F)cc2c1. The monoisotopic (exact) mass is 351 g/mol. The van der Waals surface area contributed by atoms with Crippen molar-refractivity contribution in [1.29, 1.82) is 0 Å². The maximum absolute atomic E-state index is 13.2. The molecule has 1 N–H and O–H groups in total. The molecule has 25 heavy (non-hydrogen) atoms. The number of ether oxygens (including phenoxy) is 1. The second-order valence-corrected chi connectivity index (χ2v) is 5.56. The maximum Gasteiger partial charge on any atom is 0.416 e. The first-order valence-corrected chi connectivity index (χ1v) is 7.33. The van der Waals surface area contributed by atoms with Crippen molar-refractivity contribution < 1.29 is 27.1 Å². The number of esters is 1. The van der Waals surface area contributed by atoms with E-state index < -0.39 is 23.5 Å². The predicted molar refractivity (Wildman–Crippen MR) is 83.8 cm³/mol.